The van der Waals surface area contributed by atoms with Crippen molar-refractivity contribution in [2.75, 3.05) is 32.8 Å². The van der Waals surface area contributed by atoms with Crippen LogP contribution < -0.4 is 5.73 Å². The predicted octanol–water partition coefficient (Wildman–Crippen LogP) is 2.40. The van der Waals surface area contributed by atoms with Crippen LogP contribution in [0.1, 0.15) is 51.9 Å². The van der Waals surface area contributed by atoms with Crippen LogP contribution in [0.15, 0.2) is 0 Å². The molecule has 3 heteroatoms. The van der Waals surface area contributed by atoms with E-state index in [0.717, 1.165) is 38.8 Å². The van der Waals surface area contributed by atoms with Gasteiger partial charge < -0.3 is 10.5 Å². The predicted molar refractivity (Wildman–Crippen MR) is 75.7 cm³/mol. The number of morpholine rings is 1. The van der Waals surface area contributed by atoms with Crippen molar-refractivity contribution in [1.82, 2.24) is 4.90 Å². The lowest BCUT2D eigenvalue weighted by Crippen LogP contribution is -2.57. The lowest BCUT2D eigenvalue weighted by Gasteiger charge is -2.45. The zero-order chi connectivity index (χ0) is 12.8. The third-order valence-electron chi connectivity index (χ3n) is 5.03. The molecule has 2 atom stereocenters. The van der Waals surface area contributed by atoms with Gasteiger partial charge >= 0.3 is 0 Å². The number of nitrogens with zero attached hydrogens (tertiary/aromatic N) is 1. The second-order valence-corrected chi connectivity index (χ2v) is 6.11. The van der Waals surface area contributed by atoms with Crippen LogP contribution in [0.3, 0.4) is 0 Å². The molecule has 1 saturated carbocycles. The van der Waals surface area contributed by atoms with Gasteiger partial charge in [-0.3, -0.25) is 4.90 Å². The molecule has 0 aromatic carbocycles. The van der Waals surface area contributed by atoms with Gasteiger partial charge in [-0.25, -0.2) is 0 Å². The molecule has 2 rings (SSSR count). The molecule has 0 aromatic heterocycles. The van der Waals surface area contributed by atoms with E-state index in [1.54, 1.807) is 0 Å². The van der Waals surface area contributed by atoms with E-state index in [1.165, 1.54) is 44.9 Å². The van der Waals surface area contributed by atoms with Gasteiger partial charge in [-0.1, -0.05) is 32.6 Å². The normalized spacial score (nSPS) is 35.3. The van der Waals surface area contributed by atoms with E-state index in [4.69, 9.17) is 10.5 Å². The molecule has 1 heterocycles. The maximum absolute atomic E-state index is 6.18. The Hall–Kier alpha value is -0.120. The molecule has 0 aromatic rings. The van der Waals surface area contributed by atoms with Gasteiger partial charge in [-0.2, -0.15) is 0 Å². The summed E-state index contributed by atoms with van der Waals surface area (Å²) in [6.45, 7) is 7.07. The van der Waals surface area contributed by atoms with E-state index in [-0.39, 0.29) is 5.54 Å². The number of nitrogens with two attached hydrogens (primary N) is 1. The molecule has 0 spiro atoms. The van der Waals surface area contributed by atoms with E-state index < -0.39 is 0 Å². The SMILES string of the molecule is CCCC1CCCC(CN)(N2CCOCC2)CC1. The van der Waals surface area contributed by atoms with Gasteiger partial charge in [0.25, 0.3) is 0 Å². The third kappa shape index (κ3) is 3.25. The summed E-state index contributed by atoms with van der Waals surface area (Å²) >= 11 is 0. The molecule has 1 aliphatic heterocycles. The van der Waals surface area contributed by atoms with E-state index in [0.29, 0.717) is 0 Å². The van der Waals surface area contributed by atoms with Gasteiger partial charge in [0.05, 0.1) is 13.2 Å². The zero-order valence-corrected chi connectivity index (χ0v) is 12.0. The summed E-state index contributed by atoms with van der Waals surface area (Å²) in [4.78, 5) is 2.63. The smallest absolute Gasteiger partial charge is 0.0594 e. The van der Waals surface area contributed by atoms with Crippen molar-refractivity contribution in [3.05, 3.63) is 0 Å². The maximum Gasteiger partial charge on any atom is 0.0594 e. The summed E-state index contributed by atoms with van der Waals surface area (Å²) in [5.41, 5.74) is 6.46. The van der Waals surface area contributed by atoms with E-state index >= 15 is 0 Å². The van der Waals surface area contributed by atoms with Crippen LogP contribution in [-0.2, 0) is 4.74 Å². The van der Waals surface area contributed by atoms with Crippen LogP contribution in [0.2, 0.25) is 0 Å². The van der Waals surface area contributed by atoms with Crippen molar-refractivity contribution in [2.24, 2.45) is 11.7 Å². The second-order valence-electron chi connectivity index (χ2n) is 6.11. The third-order valence-corrected chi connectivity index (χ3v) is 5.03. The number of ether oxygens (including phenoxy) is 1. The molecule has 0 radical (unpaired) electrons. The van der Waals surface area contributed by atoms with Crippen molar-refractivity contribution in [3.8, 4) is 0 Å². The molecule has 0 bridgehead atoms. The van der Waals surface area contributed by atoms with Crippen LogP contribution in [0.25, 0.3) is 0 Å². The van der Waals surface area contributed by atoms with Crippen LogP contribution in [0.5, 0.6) is 0 Å². The van der Waals surface area contributed by atoms with Crippen LogP contribution in [0.4, 0.5) is 0 Å². The Kier molecular flexibility index (Phi) is 5.46. The monoisotopic (exact) mass is 254 g/mol. The fraction of sp³-hybridized carbons (Fsp3) is 1.00. The van der Waals surface area contributed by atoms with Crippen molar-refractivity contribution in [3.63, 3.8) is 0 Å². The minimum atomic E-state index is 0.284. The highest BCUT2D eigenvalue weighted by atomic mass is 16.5. The minimum absolute atomic E-state index is 0.284. The fourth-order valence-corrected chi connectivity index (χ4v) is 3.85. The van der Waals surface area contributed by atoms with Gasteiger partial charge in [0.2, 0.25) is 0 Å². The molecule has 2 unspecified atom stereocenters. The lowest BCUT2D eigenvalue weighted by atomic mass is 9.87. The van der Waals surface area contributed by atoms with Crippen molar-refractivity contribution < 1.29 is 4.74 Å². The summed E-state index contributed by atoms with van der Waals surface area (Å²) in [5.74, 6) is 0.949. The van der Waals surface area contributed by atoms with Crippen LogP contribution in [0, 0.1) is 5.92 Å². The molecule has 2 fully saturated rings. The molecule has 18 heavy (non-hydrogen) atoms. The molecule has 1 aliphatic carbocycles. The lowest BCUT2D eigenvalue weighted by molar-refractivity contribution is -0.0259. The highest BCUT2D eigenvalue weighted by Crippen LogP contribution is 2.36. The van der Waals surface area contributed by atoms with E-state index in [2.05, 4.69) is 11.8 Å². The highest BCUT2D eigenvalue weighted by molar-refractivity contribution is 4.95. The second kappa shape index (κ2) is 6.88. The molecular weight excluding hydrogens is 224 g/mol. The first-order valence-electron chi connectivity index (χ1n) is 7.83. The van der Waals surface area contributed by atoms with E-state index in [9.17, 15) is 0 Å². The Morgan fingerprint density at radius 3 is 2.67 bits per heavy atom. The Morgan fingerprint density at radius 2 is 2.00 bits per heavy atom. The van der Waals surface area contributed by atoms with Gasteiger partial charge in [0.1, 0.15) is 0 Å². The summed E-state index contributed by atoms with van der Waals surface area (Å²) in [5, 5.41) is 0. The van der Waals surface area contributed by atoms with Crippen LogP contribution in [-0.4, -0.2) is 43.3 Å². The summed E-state index contributed by atoms with van der Waals surface area (Å²) in [6.07, 6.45) is 9.49. The number of rotatable bonds is 4. The van der Waals surface area contributed by atoms with Gasteiger partial charge in [0.15, 0.2) is 0 Å². The maximum atomic E-state index is 6.18. The molecule has 0 amide bonds. The molecular formula is C15H30N2O. The number of hydrogen-bond donors (Lipinski definition) is 1. The van der Waals surface area contributed by atoms with E-state index in [1.807, 2.05) is 0 Å². The fourth-order valence-electron chi connectivity index (χ4n) is 3.85. The van der Waals surface area contributed by atoms with Gasteiger partial charge in [-0.15, -0.1) is 0 Å². The molecule has 1 saturated heterocycles. The van der Waals surface area contributed by atoms with Crippen molar-refractivity contribution in [2.45, 2.75) is 57.4 Å². The van der Waals surface area contributed by atoms with Gasteiger partial charge in [-0.05, 0) is 25.2 Å². The van der Waals surface area contributed by atoms with Gasteiger partial charge in [0, 0.05) is 25.2 Å². The number of hydrogen-bond acceptors (Lipinski definition) is 3. The average molecular weight is 254 g/mol. The molecule has 3 nitrogen and oxygen atoms in total. The van der Waals surface area contributed by atoms with Crippen molar-refractivity contribution in [1.29, 1.82) is 0 Å². The Bertz CT molecular complexity index is 241. The minimum Gasteiger partial charge on any atom is -0.379 e. The average Bonchev–Trinajstić information content (AvgIpc) is 2.64. The Labute approximate surface area is 112 Å². The Balaban J connectivity index is 1.98. The first-order valence-corrected chi connectivity index (χ1v) is 7.83. The summed E-state index contributed by atoms with van der Waals surface area (Å²) < 4.78 is 5.49. The first kappa shape index (κ1) is 14.3. The molecule has 2 aliphatic rings. The Morgan fingerprint density at radius 1 is 1.22 bits per heavy atom. The summed E-state index contributed by atoms with van der Waals surface area (Å²) in [7, 11) is 0. The topological polar surface area (TPSA) is 38.5 Å². The molecule has 2 N–H and O–H groups in total. The largest absolute Gasteiger partial charge is 0.379 e. The van der Waals surface area contributed by atoms with Crippen molar-refractivity contribution >= 4 is 0 Å². The summed E-state index contributed by atoms with van der Waals surface area (Å²) in [6, 6.07) is 0. The zero-order valence-electron chi connectivity index (χ0n) is 12.0. The standard InChI is InChI=1S/C15H30N2O/c1-2-4-14-5-3-7-15(13-16,8-6-14)17-9-11-18-12-10-17/h14H,2-13,16H2,1H3. The quantitative estimate of drug-likeness (QED) is 0.783. The highest BCUT2D eigenvalue weighted by Gasteiger charge is 2.37. The van der Waals surface area contributed by atoms with Crippen LogP contribution >= 0.6 is 0 Å². The molecule has 106 valence electrons. The first-order chi connectivity index (χ1) is 8.80.